The van der Waals surface area contributed by atoms with E-state index in [1.54, 1.807) is 0 Å². The van der Waals surface area contributed by atoms with Gasteiger partial charge in [0.1, 0.15) is 0 Å². The third-order valence-electron chi connectivity index (χ3n) is 1.18. The van der Waals surface area contributed by atoms with Crippen molar-refractivity contribution in [1.29, 1.82) is 0 Å². The van der Waals surface area contributed by atoms with Crippen LogP contribution in [0.5, 0.6) is 0 Å². The fraction of sp³-hybridized carbons (Fsp3) is 0.625. The number of hydrogen-bond acceptors (Lipinski definition) is 0. The van der Waals surface area contributed by atoms with Crippen molar-refractivity contribution in [3.05, 3.63) is 22.7 Å². The Bertz CT molecular complexity index is 154. The van der Waals surface area contributed by atoms with E-state index in [0.717, 1.165) is 11.3 Å². The molecule has 1 nitrogen and oxygen atoms in total. The predicted molar refractivity (Wildman–Crippen MR) is 39.8 cm³/mol. The van der Waals surface area contributed by atoms with Crippen molar-refractivity contribution < 1.29 is 0 Å². The Balaban J connectivity index is 4.41. The maximum atomic E-state index is 6.79. The Morgan fingerprint density at radius 1 is 1.33 bits per heavy atom. The molecule has 0 N–H and O–H groups in total. The second kappa shape index (κ2) is 3.29. The standard InChI is InChI=1S/C8H13N/c1-6(2)8(9-5)7(3)4/h6H,1-4H3. The average Bonchev–Trinajstić information content (AvgIpc) is 1.64. The minimum absolute atomic E-state index is 0.382. The van der Waals surface area contributed by atoms with E-state index < -0.39 is 0 Å². The van der Waals surface area contributed by atoms with Crippen LogP contribution in [0.3, 0.4) is 0 Å². The number of nitrogens with zero attached hydrogens (tertiary/aromatic N) is 1. The van der Waals surface area contributed by atoms with Crippen LogP contribution >= 0.6 is 0 Å². The van der Waals surface area contributed by atoms with E-state index in [1.165, 1.54) is 0 Å². The van der Waals surface area contributed by atoms with Crippen LogP contribution in [0.4, 0.5) is 0 Å². The van der Waals surface area contributed by atoms with Crippen molar-refractivity contribution in [3.63, 3.8) is 0 Å². The van der Waals surface area contributed by atoms with Crippen molar-refractivity contribution in [3.8, 4) is 0 Å². The molecule has 0 aliphatic rings. The van der Waals surface area contributed by atoms with Crippen LogP contribution in [0.15, 0.2) is 11.3 Å². The van der Waals surface area contributed by atoms with E-state index in [4.69, 9.17) is 6.57 Å². The van der Waals surface area contributed by atoms with Gasteiger partial charge in [-0.2, -0.15) is 0 Å². The summed E-state index contributed by atoms with van der Waals surface area (Å²) in [6.45, 7) is 14.8. The lowest BCUT2D eigenvalue weighted by Crippen LogP contribution is -1.90. The Hall–Kier alpha value is -0.770. The van der Waals surface area contributed by atoms with E-state index in [0.29, 0.717) is 5.92 Å². The highest BCUT2D eigenvalue weighted by Gasteiger charge is 2.02. The molecule has 0 fully saturated rings. The third kappa shape index (κ3) is 2.32. The Kier molecular flexibility index (Phi) is 3.01. The van der Waals surface area contributed by atoms with Gasteiger partial charge in [-0.25, -0.2) is 4.85 Å². The van der Waals surface area contributed by atoms with Crippen molar-refractivity contribution in [1.82, 2.24) is 0 Å². The molecule has 0 rings (SSSR count). The summed E-state index contributed by atoms with van der Waals surface area (Å²) in [6, 6.07) is 0. The van der Waals surface area contributed by atoms with Gasteiger partial charge in [-0.3, -0.25) is 0 Å². The summed E-state index contributed by atoms with van der Waals surface area (Å²) < 4.78 is 0. The molecule has 1 heteroatoms. The van der Waals surface area contributed by atoms with Gasteiger partial charge >= 0.3 is 0 Å². The summed E-state index contributed by atoms with van der Waals surface area (Å²) in [4.78, 5) is 3.42. The lowest BCUT2D eigenvalue weighted by molar-refractivity contribution is 0.778. The fourth-order valence-electron chi connectivity index (χ4n) is 0.818. The first-order valence-electron chi connectivity index (χ1n) is 3.14. The lowest BCUT2D eigenvalue weighted by atomic mass is 10.1. The summed E-state index contributed by atoms with van der Waals surface area (Å²) in [5.74, 6) is 0.382. The molecule has 50 valence electrons. The van der Waals surface area contributed by atoms with Crippen molar-refractivity contribution in [2.24, 2.45) is 5.92 Å². The Morgan fingerprint density at radius 2 is 1.78 bits per heavy atom. The average molecular weight is 123 g/mol. The number of hydrogen-bond donors (Lipinski definition) is 0. The lowest BCUT2D eigenvalue weighted by Gasteiger charge is -2.02. The summed E-state index contributed by atoms with van der Waals surface area (Å²) >= 11 is 0. The first-order valence-corrected chi connectivity index (χ1v) is 3.14. The number of allylic oxidation sites excluding steroid dienone is 2. The van der Waals surface area contributed by atoms with E-state index in [-0.39, 0.29) is 0 Å². The minimum Gasteiger partial charge on any atom is -0.242 e. The zero-order valence-corrected chi connectivity index (χ0v) is 6.52. The highest BCUT2D eigenvalue weighted by Crippen LogP contribution is 2.14. The molecule has 0 spiro atoms. The van der Waals surface area contributed by atoms with Gasteiger partial charge in [-0.05, 0) is 5.92 Å². The van der Waals surface area contributed by atoms with Crippen LogP contribution in [0, 0.1) is 12.5 Å². The van der Waals surface area contributed by atoms with Crippen LogP contribution < -0.4 is 0 Å². The molecule has 0 saturated carbocycles. The third-order valence-corrected chi connectivity index (χ3v) is 1.18. The van der Waals surface area contributed by atoms with Gasteiger partial charge in [0, 0.05) is 0 Å². The van der Waals surface area contributed by atoms with Crippen LogP contribution in [0.25, 0.3) is 4.85 Å². The predicted octanol–water partition coefficient (Wildman–Crippen LogP) is 2.86. The zero-order valence-electron chi connectivity index (χ0n) is 6.52. The molecule has 0 aliphatic heterocycles. The van der Waals surface area contributed by atoms with Crippen LogP contribution in [0.1, 0.15) is 27.7 Å². The Morgan fingerprint density at radius 3 is 1.78 bits per heavy atom. The van der Waals surface area contributed by atoms with E-state index >= 15 is 0 Å². The summed E-state index contributed by atoms with van der Waals surface area (Å²) in [5, 5.41) is 0. The quantitative estimate of drug-likeness (QED) is 0.472. The summed E-state index contributed by atoms with van der Waals surface area (Å²) in [7, 11) is 0. The molecular weight excluding hydrogens is 110 g/mol. The molecule has 0 aliphatic carbocycles. The molecule has 0 aromatic rings. The highest BCUT2D eigenvalue weighted by atomic mass is 14.7. The van der Waals surface area contributed by atoms with Gasteiger partial charge in [-0.15, -0.1) is 0 Å². The molecule has 0 atom stereocenters. The smallest absolute Gasteiger partial charge is 0.166 e. The maximum Gasteiger partial charge on any atom is 0.166 e. The van der Waals surface area contributed by atoms with Gasteiger partial charge in [-0.1, -0.05) is 33.3 Å². The van der Waals surface area contributed by atoms with Crippen LogP contribution in [-0.2, 0) is 0 Å². The largest absolute Gasteiger partial charge is 0.242 e. The summed E-state index contributed by atoms with van der Waals surface area (Å²) in [5.41, 5.74) is 2.04. The molecule has 0 radical (unpaired) electrons. The normalized spacial score (nSPS) is 8.89. The molecule has 0 amide bonds. The molecule has 0 heterocycles. The second-order valence-electron chi connectivity index (χ2n) is 2.65. The minimum atomic E-state index is 0.382. The van der Waals surface area contributed by atoms with Crippen molar-refractivity contribution in [2.45, 2.75) is 27.7 Å². The topological polar surface area (TPSA) is 4.36 Å². The second-order valence-corrected chi connectivity index (χ2v) is 2.65. The van der Waals surface area contributed by atoms with Crippen LogP contribution in [0.2, 0.25) is 0 Å². The van der Waals surface area contributed by atoms with E-state index in [2.05, 4.69) is 4.85 Å². The molecular formula is C8H13N. The molecule has 9 heavy (non-hydrogen) atoms. The molecule has 0 aromatic carbocycles. The van der Waals surface area contributed by atoms with Gasteiger partial charge in [0.2, 0.25) is 0 Å². The SMILES string of the molecule is [C-]#[N+]C(=C(C)C)C(C)C. The zero-order chi connectivity index (χ0) is 7.44. The number of rotatable bonds is 1. The highest BCUT2D eigenvalue weighted by molar-refractivity contribution is 5.18. The van der Waals surface area contributed by atoms with E-state index in [1.807, 2.05) is 27.7 Å². The molecule has 0 saturated heterocycles. The first-order chi connectivity index (χ1) is 4.09. The fourth-order valence-corrected chi connectivity index (χ4v) is 0.818. The van der Waals surface area contributed by atoms with Gasteiger partial charge in [0.25, 0.3) is 0 Å². The van der Waals surface area contributed by atoms with Crippen LogP contribution in [-0.4, -0.2) is 0 Å². The molecule has 0 bridgehead atoms. The van der Waals surface area contributed by atoms with Crippen molar-refractivity contribution in [2.75, 3.05) is 0 Å². The van der Waals surface area contributed by atoms with Crippen molar-refractivity contribution >= 4 is 0 Å². The first kappa shape index (κ1) is 8.23. The Labute approximate surface area is 57.2 Å². The summed E-state index contributed by atoms with van der Waals surface area (Å²) in [6.07, 6.45) is 0. The van der Waals surface area contributed by atoms with E-state index in [9.17, 15) is 0 Å². The monoisotopic (exact) mass is 123 g/mol. The molecule has 0 unspecified atom stereocenters. The van der Waals surface area contributed by atoms with Gasteiger partial charge < -0.3 is 0 Å². The molecule has 0 aromatic heterocycles. The van der Waals surface area contributed by atoms with Gasteiger partial charge in [0.05, 0.1) is 6.57 Å². The van der Waals surface area contributed by atoms with Gasteiger partial charge in [0.15, 0.2) is 5.70 Å². The maximum absolute atomic E-state index is 6.79.